The highest BCUT2D eigenvalue weighted by molar-refractivity contribution is 4.66. The summed E-state index contributed by atoms with van der Waals surface area (Å²) in [6.45, 7) is 4.72. The summed E-state index contributed by atoms with van der Waals surface area (Å²) in [6, 6.07) is 0. The van der Waals surface area contributed by atoms with Crippen molar-refractivity contribution in [3.8, 4) is 0 Å². The van der Waals surface area contributed by atoms with Crippen LogP contribution in [0.2, 0.25) is 0 Å². The highest BCUT2D eigenvalue weighted by Gasteiger charge is 2.23. The quantitative estimate of drug-likeness (QED) is 0.419. The number of nitrogens with zero attached hydrogens (tertiary/aromatic N) is 1. The van der Waals surface area contributed by atoms with Crippen molar-refractivity contribution in [1.29, 1.82) is 0 Å². The van der Waals surface area contributed by atoms with E-state index >= 15 is 0 Å². The summed E-state index contributed by atoms with van der Waals surface area (Å²) in [5.74, 6) is 0. The van der Waals surface area contributed by atoms with Gasteiger partial charge in [-0.3, -0.25) is 4.84 Å². The molecule has 0 aromatic carbocycles. The molecule has 0 aromatic heterocycles. The van der Waals surface area contributed by atoms with Crippen molar-refractivity contribution < 1.29 is 9.57 Å². The summed E-state index contributed by atoms with van der Waals surface area (Å²) < 4.78 is 4.99. The summed E-state index contributed by atoms with van der Waals surface area (Å²) in [5.41, 5.74) is 0. The highest BCUT2D eigenvalue weighted by Crippen LogP contribution is 2.08. The Balaban J connectivity index is 1.89. The summed E-state index contributed by atoms with van der Waals surface area (Å²) in [4.78, 5) is 5.31. The zero-order valence-electron chi connectivity index (χ0n) is 6.67. The lowest BCUT2D eigenvalue weighted by Crippen LogP contribution is -2.22. The standard InChI is InChI=1S/C7H15NO2/c1-3-4-8(2)10-6-7-5-9-7/h7H,3-6H2,1-2H3. The molecule has 1 saturated heterocycles. The average molecular weight is 145 g/mol. The summed E-state index contributed by atoms with van der Waals surface area (Å²) in [7, 11) is 1.95. The number of hydrogen-bond donors (Lipinski definition) is 0. The molecule has 10 heavy (non-hydrogen) atoms. The number of epoxide rings is 1. The molecular formula is C7H15NO2. The van der Waals surface area contributed by atoms with Crippen LogP contribution < -0.4 is 0 Å². The van der Waals surface area contributed by atoms with Gasteiger partial charge in [0.2, 0.25) is 0 Å². The molecule has 1 rings (SSSR count). The molecular weight excluding hydrogens is 130 g/mol. The molecule has 1 aliphatic heterocycles. The topological polar surface area (TPSA) is 25.0 Å². The average Bonchev–Trinajstić information content (AvgIpc) is 2.67. The molecule has 1 heterocycles. The fraction of sp³-hybridized carbons (Fsp3) is 1.00. The molecule has 3 nitrogen and oxygen atoms in total. The molecule has 60 valence electrons. The monoisotopic (exact) mass is 145 g/mol. The lowest BCUT2D eigenvalue weighted by molar-refractivity contribution is -0.143. The summed E-state index contributed by atoms with van der Waals surface area (Å²) in [5, 5.41) is 1.86. The van der Waals surface area contributed by atoms with E-state index < -0.39 is 0 Å². The largest absolute Gasteiger partial charge is 0.371 e. The van der Waals surface area contributed by atoms with Gasteiger partial charge in [0.25, 0.3) is 0 Å². The van der Waals surface area contributed by atoms with Gasteiger partial charge in [-0.2, -0.15) is 5.06 Å². The Bertz CT molecular complexity index is 93.6. The van der Waals surface area contributed by atoms with Gasteiger partial charge in [0, 0.05) is 13.6 Å². The first kappa shape index (κ1) is 7.98. The van der Waals surface area contributed by atoms with Gasteiger partial charge in [-0.05, 0) is 6.42 Å². The minimum Gasteiger partial charge on any atom is -0.371 e. The van der Waals surface area contributed by atoms with Crippen molar-refractivity contribution in [2.75, 3.05) is 26.8 Å². The molecule has 0 aliphatic carbocycles. The van der Waals surface area contributed by atoms with Crippen molar-refractivity contribution in [3.05, 3.63) is 0 Å². The highest BCUT2D eigenvalue weighted by atomic mass is 16.7. The number of hydrogen-bond acceptors (Lipinski definition) is 3. The lowest BCUT2D eigenvalue weighted by atomic mass is 10.5. The maximum atomic E-state index is 5.31. The maximum Gasteiger partial charge on any atom is 0.106 e. The first-order chi connectivity index (χ1) is 4.83. The lowest BCUT2D eigenvalue weighted by Gasteiger charge is -2.13. The first-order valence-electron chi connectivity index (χ1n) is 3.78. The van der Waals surface area contributed by atoms with Gasteiger partial charge in [0.15, 0.2) is 0 Å². The van der Waals surface area contributed by atoms with E-state index in [0.717, 1.165) is 26.2 Å². The molecule has 0 aromatic rings. The first-order valence-corrected chi connectivity index (χ1v) is 3.78. The molecule has 1 atom stereocenters. The molecule has 0 saturated carbocycles. The van der Waals surface area contributed by atoms with E-state index in [4.69, 9.17) is 9.57 Å². The molecule has 3 heteroatoms. The molecule has 0 amide bonds. The van der Waals surface area contributed by atoms with Crippen LogP contribution in [0.15, 0.2) is 0 Å². The van der Waals surface area contributed by atoms with Crippen molar-refractivity contribution >= 4 is 0 Å². The third-order valence-electron chi connectivity index (χ3n) is 1.42. The number of rotatable bonds is 5. The molecule has 0 bridgehead atoms. The smallest absolute Gasteiger partial charge is 0.106 e. The molecule has 0 N–H and O–H groups in total. The van der Waals surface area contributed by atoms with Crippen molar-refractivity contribution in [2.24, 2.45) is 0 Å². The van der Waals surface area contributed by atoms with Crippen LogP contribution in [-0.2, 0) is 9.57 Å². The minimum absolute atomic E-state index is 0.374. The van der Waals surface area contributed by atoms with Gasteiger partial charge in [-0.15, -0.1) is 0 Å². The van der Waals surface area contributed by atoms with Gasteiger partial charge >= 0.3 is 0 Å². The molecule has 1 unspecified atom stereocenters. The van der Waals surface area contributed by atoms with Gasteiger partial charge < -0.3 is 4.74 Å². The third-order valence-corrected chi connectivity index (χ3v) is 1.42. The molecule has 1 aliphatic rings. The van der Waals surface area contributed by atoms with E-state index in [-0.39, 0.29) is 0 Å². The second kappa shape index (κ2) is 3.91. The number of hydroxylamine groups is 2. The predicted molar refractivity (Wildman–Crippen MR) is 38.6 cm³/mol. The Morgan fingerprint density at radius 2 is 2.40 bits per heavy atom. The third kappa shape index (κ3) is 3.15. The van der Waals surface area contributed by atoms with Gasteiger partial charge in [-0.25, -0.2) is 0 Å². The summed E-state index contributed by atoms with van der Waals surface area (Å²) >= 11 is 0. The Labute approximate surface area is 61.9 Å². The SMILES string of the molecule is CCCN(C)OCC1CO1. The number of ether oxygens (including phenoxy) is 1. The Morgan fingerprint density at radius 3 is 2.90 bits per heavy atom. The van der Waals surface area contributed by atoms with Crippen LogP contribution >= 0.6 is 0 Å². The van der Waals surface area contributed by atoms with Crippen molar-refractivity contribution in [1.82, 2.24) is 5.06 Å². The minimum atomic E-state index is 0.374. The van der Waals surface area contributed by atoms with Crippen LogP contribution in [0.5, 0.6) is 0 Å². The van der Waals surface area contributed by atoms with Crippen LogP contribution in [0, 0.1) is 0 Å². The van der Waals surface area contributed by atoms with E-state index in [2.05, 4.69) is 6.92 Å². The molecule has 1 fully saturated rings. The van der Waals surface area contributed by atoms with Crippen LogP contribution in [0.3, 0.4) is 0 Å². The van der Waals surface area contributed by atoms with E-state index in [1.165, 1.54) is 0 Å². The zero-order valence-corrected chi connectivity index (χ0v) is 6.67. The van der Waals surface area contributed by atoms with Gasteiger partial charge in [-0.1, -0.05) is 6.92 Å². The Kier molecular flexibility index (Phi) is 3.12. The van der Waals surface area contributed by atoms with Gasteiger partial charge in [0.05, 0.1) is 13.2 Å². The fourth-order valence-electron chi connectivity index (χ4n) is 0.754. The Morgan fingerprint density at radius 1 is 1.70 bits per heavy atom. The van der Waals surface area contributed by atoms with Crippen molar-refractivity contribution in [3.63, 3.8) is 0 Å². The fourth-order valence-corrected chi connectivity index (χ4v) is 0.754. The van der Waals surface area contributed by atoms with Crippen LogP contribution in [0.1, 0.15) is 13.3 Å². The van der Waals surface area contributed by atoms with E-state index in [1.54, 1.807) is 0 Å². The molecule has 0 spiro atoms. The maximum absolute atomic E-state index is 5.31. The molecule has 0 radical (unpaired) electrons. The zero-order chi connectivity index (χ0) is 7.40. The second-order valence-corrected chi connectivity index (χ2v) is 2.60. The Hall–Kier alpha value is -0.120. The van der Waals surface area contributed by atoms with Crippen LogP contribution in [-0.4, -0.2) is 38.0 Å². The second-order valence-electron chi connectivity index (χ2n) is 2.60. The van der Waals surface area contributed by atoms with E-state index in [0.29, 0.717) is 6.10 Å². The predicted octanol–water partition coefficient (Wildman–Crippen LogP) is 0.659. The van der Waals surface area contributed by atoms with Gasteiger partial charge in [0.1, 0.15) is 6.10 Å². The van der Waals surface area contributed by atoms with Crippen LogP contribution in [0.4, 0.5) is 0 Å². The van der Waals surface area contributed by atoms with E-state index in [1.807, 2.05) is 12.1 Å². The van der Waals surface area contributed by atoms with Crippen molar-refractivity contribution in [2.45, 2.75) is 19.4 Å². The van der Waals surface area contributed by atoms with E-state index in [9.17, 15) is 0 Å². The summed E-state index contributed by atoms with van der Waals surface area (Å²) in [6.07, 6.45) is 1.50. The van der Waals surface area contributed by atoms with Crippen LogP contribution in [0.25, 0.3) is 0 Å². The normalized spacial score (nSPS) is 23.7.